The van der Waals surface area contributed by atoms with E-state index >= 15 is 0 Å². The van der Waals surface area contributed by atoms with Crippen LogP contribution in [0.3, 0.4) is 0 Å². The van der Waals surface area contributed by atoms with Crippen LogP contribution in [0.4, 0.5) is 0 Å². The van der Waals surface area contributed by atoms with E-state index in [9.17, 15) is 0 Å². The van der Waals surface area contributed by atoms with E-state index in [0.29, 0.717) is 12.0 Å². The normalized spacial score (nSPS) is 30.3. The van der Waals surface area contributed by atoms with Crippen molar-refractivity contribution in [2.75, 3.05) is 0 Å². The second kappa shape index (κ2) is 5.20. The Balaban J connectivity index is 2.14. The Hall–Kier alpha value is -0.530. The predicted molar refractivity (Wildman–Crippen MR) is 69.8 cm³/mol. The van der Waals surface area contributed by atoms with Gasteiger partial charge in [0.15, 0.2) is 0 Å². The molecule has 1 aliphatic rings. The van der Waals surface area contributed by atoms with Crippen molar-refractivity contribution in [1.29, 1.82) is 0 Å². The van der Waals surface area contributed by atoms with Crippen LogP contribution in [-0.2, 0) is 0 Å². The van der Waals surface area contributed by atoms with Crippen molar-refractivity contribution < 1.29 is 0 Å². The Morgan fingerprint density at radius 1 is 1.25 bits per heavy atom. The number of halogens is 1. The van der Waals surface area contributed by atoms with E-state index in [1.807, 2.05) is 12.1 Å². The van der Waals surface area contributed by atoms with Crippen LogP contribution in [0.25, 0.3) is 0 Å². The molecule has 0 radical (unpaired) electrons. The van der Waals surface area contributed by atoms with E-state index in [4.69, 9.17) is 17.3 Å². The van der Waals surface area contributed by atoms with E-state index in [2.05, 4.69) is 19.1 Å². The Morgan fingerprint density at radius 3 is 2.56 bits per heavy atom. The first-order valence-electron chi connectivity index (χ1n) is 6.21. The van der Waals surface area contributed by atoms with E-state index in [-0.39, 0.29) is 0 Å². The van der Waals surface area contributed by atoms with Gasteiger partial charge in [0.1, 0.15) is 0 Å². The molecular formula is C14H20ClN. The van der Waals surface area contributed by atoms with Gasteiger partial charge in [0.25, 0.3) is 0 Å². The number of hydrogen-bond acceptors (Lipinski definition) is 1. The highest BCUT2D eigenvalue weighted by atomic mass is 35.5. The first kappa shape index (κ1) is 11.9. The minimum Gasteiger partial charge on any atom is -0.327 e. The standard InChI is InChI=1S/C14H20ClN/c1-2-10-3-8-14(16)13(9-10)11-4-6-12(15)7-5-11/h4-7,10,13-14H,2-3,8-9,16H2,1H3. The van der Waals surface area contributed by atoms with Gasteiger partial charge in [0, 0.05) is 11.1 Å². The highest BCUT2D eigenvalue weighted by Gasteiger charge is 2.28. The highest BCUT2D eigenvalue weighted by molar-refractivity contribution is 6.30. The summed E-state index contributed by atoms with van der Waals surface area (Å²) >= 11 is 5.91. The van der Waals surface area contributed by atoms with Crippen molar-refractivity contribution in [3.8, 4) is 0 Å². The van der Waals surface area contributed by atoms with Crippen LogP contribution < -0.4 is 5.73 Å². The van der Waals surface area contributed by atoms with E-state index in [0.717, 1.165) is 17.4 Å². The summed E-state index contributed by atoms with van der Waals surface area (Å²) in [7, 11) is 0. The molecule has 0 saturated heterocycles. The van der Waals surface area contributed by atoms with Gasteiger partial charge in [-0.2, -0.15) is 0 Å². The summed E-state index contributed by atoms with van der Waals surface area (Å²) in [6.45, 7) is 2.28. The van der Waals surface area contributed by atoms with Crippen LogP contribution in [0.5, 0.6) is 0 Å². The van der Waals surface area contributed by atoms with E-state index in [1.54, 1.807) is 0 Å². The number of nitrogens with two attached hydrogens (primary N) is 1. The summed E-state index contributed by atoms with van der Waals surface area (Å²) in [6.07, 6.45) is 4.96. The fourth-order valence-electron chi connectivity index (χ4n) is 2.75. The zero-order valence-electron chi connectivity index (χ0n) is 9.83. The van der Waals surface area contributed by atoms with Gasteiger partial charge < -0.3 is 5.73 Å². The lowest BCUT2D eigenvalue weighted by molar-refractivity contribution is 0.282. The molecule has 0 aliphatic heterocycles. The van der Waals surface area contributed by atoms with Gasteiger partial charge in [0.2, 0.25) is 0 Å². The van der Waals surface area contributed by atoms with Gasteiger partial charge in [-0.05, 0) is 48.8 Å². The Bertz CT molecular complexity index is 333. The molecule has 3 atom stereocenters. The third kappa shape index (κ3) is 2.58. The Labute approximate surface area is 103 Å². The monoisotopic (exact) mass is 237 g/mol. The second-order valence-corrected chi connectivity index (χ2v) is 5.35. The highest BCUT2D eigenvalue weighted by Crippen LogP contribution is 2.37. The molecule has 0 spiro atoms. The van der Waals surface area contributed by atoms with Crippen LogP contribution in [-0.4, -0.2) is 6.04 Å². The SMILES string of the molecule is CCC1CCC(N)C(c2ccc(Cl)cc2)C1. The molecule has 2 rings (SSSR count). The molecule has 0 aromatic heterocycles. The largest absolute Gasteiger partial charge is 0.327 e. The summed E-state index contributed by atoms with van der Waals surface area (Å²) in [5.74, 6) is 1.37. The fourth-order valence-corrected chi connectivity index (χ4v) is 2.87. The Morgan fingerprint density at radius 2 is 1.94 bits per heavy atom. The summed E-state index contributed by atoms with van der Waals surface area (Å²) < 4.78 is 0. The molecule has 1 nitrogen and oxygen atoms in total. The van der Waals surface area contributed by atoms with Gasteiger partial charge in [-0.3, -0.25) is 0 Å². The maximum absolute atomic E-state index is 6.23. The van der Waals surface area contributed by atoms with Crippen LogP contribution in [0.1, 0.15) is 44.1 Å². The molecule has 3 unspecified atom stereocenters. The lowest BCUT2D eigenvalue weighted by Gasteiger charge is -2.34. The molecule has 0 bridgehead atoms. The van der Waals surface area contributed by atoms with Gasteiger partial charge in [-0.25, -0.2) is 0 Å². The van der Waals surface area contributed by atoms with Crippen molar-refractivity contribution in [2.24, 2.45) is 11.7 Å². The van der Waals surface area contributed by atoms with Gasteiger partial charge >= 0.3 is 0 Å². The van der Waals surface area contributed by atoms with Crippen molar-refractivity contribution >= 4 is 11.6 Å². The molecule has 0 heterocycles. The second-order valence-electron chi connectivity index (χ2n) is 4.91. The number of benzene rings is 1. The lowest BCUT2D eigenvalue weighted by Crippen LogP contribution is -2.34. The zero-order valence-corrected chi connectivity index (χ0v) is 10.6. The molecule has 1 saturated carbocycles. The summed E-state index contributed by atoms with van der Waals surface area (Å²) in [5, 5.41) is 0.806. The van der Waals surface area contributed by atoms with Gasteiger partial charge in [0.05, 0.1) is 0 Å². The van der Waals surface area contributed by atoms with Crippen LogP contribution in [0.2, 0.25) is 5.02 Å². The average molecular weight is 238 g/mol. The Kier molecular flexibility index (Phi) is 3.88. The van der Waals surface area contributed by atoms with Crippen molar-refractivity contribution in [1.82, 2.24) is 0 Å². The first-order valence-corrected chi connectivity index (χ1v) is 6.59. The summed E-state index contributed by atoms with van der Waals surface area (Å²) in [6, 6.07) is 8.53. The molecule has 2 N–H and O–H groups in total. The number of hydrogen-bond donors (Lipinski definition) is 1. The zero-order chi connectivity index (χ0) is 11.5. The maximum Gasteiger partial charge on any atom is 0.0406 e. The molecule has 1 aromatic rings. The van der Waals surface area contributed by atoms with Crippen LogP contribution >= 0.6 is 11.6 Å². The lowest BCUT2D eigenvalue weighted by atomic mass is 9.74. The molecule has 1 fully saturated rings. The average Bonchev–Trinajstić information content (AvgIpc) is 2.31. The summed E-state index contributed by atoms with van der Waals surface area (Å²) in [4.78, 5) is 0. The molecular weight excluding hydrogens is 218 g/mol. The topological polar surface area (TPSA) is 26.0 Å². The third-order valence-corrected chi connectivity index (χ3v) is 4.14. The van der Waals surface area contributed by atoms with Crippen LogP contribution in [0.15, 0.2) is 24.3 Å². The molecule has 16 heavy (non-hydrogen) atoms. The predicted octanol–water partition coefficient (Wildman–Crippen LogP) is 3.96. The van der Waals surface area contributed by atoms with Crippen LogP contribution in [0, 0.1) is 5.92 Å². The van der Waals surface area contributed by atoms with Gasteiger partial charge in [-0.15, -0.1) is 0 Å². The summed E-state index contributed by atoms with van der Waals surface area (Å²) in [5.41, 5.74) is 7.59. The maximum atomic E-state index is 6.23. The van der Waals surface area contributed by atoms with Crippen molar-refractivity contribution in [2.45, 2.75) is 44.6 Å². The van der Waals surface area contributed by atoms with Crippen molar-refractivity contribution in [3.05, 3.63) is 34.9 Å². The first-order chi connectivity index (χ1) is 7.70. The minimum atomic E-state index is 0.323. The quantitative estimate of drug-likeness (QED) is 0.828. The molecule has 88 valence electrons. The minimum absolute atomic E-state index is 0.323. The van der Waals surface area contributed by atoms with Crippen molar-refractivity contribution in [3.63, 3.8) is 0 Å². The third-order valence-electron chi connectivity index (χ3n) is 3.89. The smallest absolute Gasteiger partial charge is 0.0406 e. The van der Waals surface area contributed by atoms with Gasteiger partial charge in [-0.1, -0.05) is 37.1 Å². The molecule has 2 heteroatoms. The van der Waals surface area contributed by atoms with E-state index < -0.39 is 0 Å². The van der Waals surface area contributed by atoms with E-state index in [1.165, 1.54) is 24.8 Å². The molecule has 1 aromatic carbocycles. The molecule has 1 aliphatic carbocycles. The number of rotatable bonds is 2. The fraction of sp³-hybridized carbons (Fsp3) is 0.571. The molecule has 0 amide bonds.